The summed E-state index contributed by atoms with van der Waals surface area (Å²) >= 11 is 6.34. The fourth-order valence-corrected chi connectivity index (χ4v) is 5.27. The van der Waals surface area contributed by atoms with Gasteiger partial charge < -0.3 is 14.8 Å². The van der Waals surface area contributed by atoms with Gasteiger partial charge >= 0.3 is 0 Å². The van der Waals surface area contributed by atoms with Gasteiger partial charge in [0.2, 0.25) is 0 Å². The average molecular weight is 525 g/mol. The largest absolute Gasteiger partial charge is 0.392 e. The number of nitrogens with zero attached hydrogens (tertiary/aromatic N) is 2. The fraction of sp³-hybridized carbons (Fsp3) is 0.250. The maximum absolute atomic E-state index is 12.2. The van der Waals surface area contributed by atoms with Gasteiger partial charge in [-0.05, 0) is 66.8 Å². The predicted molar refractivity (Wildman–Crippen MR) is 142 cm³/mol. The normalized spacial score (nSPS) is 12.2. The highest BCUT2D eigenvalue weighted by Gasteiger charge is 2.22. The van der Waals surface area contributed by atoms with Gasteiger partial charge in [0, 0.05) is 29.6 Å². The Bertz CT molecular complexity index is 1490. The molecule has 0 atom stereocenters. The summed E-state index contributed by atoms with van der Waals surface area (Å²) in [6, 6.07) is 20.4. The molecule has 0 aliphatic carbocycles. The van der Waals surface area contributed by atoms with Crippen molar-refractivity contribution in [3.8, 4) is 16.8 Å². The third-order valence-electron chi connectivity index (χ3n) is 6.10. The lowest BCUT2D eigenvalue weighted by molar-refractivity contribution is 0.0741. The Labute approximate surface area is 216 Å². The van der Waals surface area contributed by atoms with E-state index in [1.54, 1.807) is 32.0 Å². The Balaban J connectivity index is 1.68. The number of rotatable bonds is 8. The van der Waals surface area contributed by atoms with E-state index >= 15 is 0 Å². The molecule has 0 fully saturated rings. The molecule has 1 aromatic heterocycles. The van der Waals surface area contributed by atoms with Gasteiger partial charge in [-0.3, -0.25) is 0 Å². The van der Waals surface area contributed by atoms with Gasteiger partial charge in [-0.15, -0.1) is 0 Å². The number of hydrogen-bond acceptors (Lipinski definition) is 5. The maximum Gasteiger partial charge on any atom is 0.175 e. The zero-order chi connectivity index (χ0) is 26.1. The third-order valence-corrected chi connectivity index (χ3v) is 7.65. The molecular formula is C28H29ClN2O4S. The number of sulfone groups is 1. The molecule has 188 valence electrons. The Kier molecular flexibility index (Phi) is 7.38. The Morgan fingerprint density at radius 1 is 0.944 bits per heavy atom. The molecule has 36 heavy (non-hydrogen) atoms. The van der Waals surface area contributed by atoms with Crippen molar-refractivity contribution in [2.75, 3.05) is 6.26 Å². The van der Waals surface area contributed by atoms with Crippen molar-refractivity contribution in [2.24, 2.45) is 0 Å². The van der Waals surface area contributed by atoms with Crippen LogP contribution in [0.2, 0.25) is 5.02 Å². The van der Waals surface area contributed by atoms with Crippen molar-refractivity contribution in [1.82, 2.24) is 9.55 Å². The van der Waals surface area contributed by atoms with Crippen LogP contribution in [0.4, 0.5) is 0 Å². The van der Waals surface area contributed by atoms with Crippen LogP contribution in [0.5, 0.6) is 0 Å². The molecule has 4 rings (SSSR count). The number of aryl methyl sites for hydroxylation is 2. The highest BCUT2D eigenvalue weighted by Crippen LogP contribution is 2.28. The van der Waals surface area contributed by atoms with E-state index in [1.165, 1.54) is 0 Å². The molecule has 0 saturated heterocycles. The van der Waals surface area contributed by atoms with Crippen LogP contribution in [-0.2, 0) is 34.9 Å². The van der Waals surface area contributed by atoms with E-state index in [0.717, 1.165) is 34.5 Å². The van der Waals surface area contributed by atoms with Gasteiger partial charge in [0.1, 0.15) is 11.4 Å². The lowest BCUT2D eigenvalue weighted by Crippen LogP contribution is -2.16. The first kappa shape index (κ1) is 26.1. The molecule has 0 radical (unpaired) electrons. The Hall–Kier alpha value is -2.97. The van der Waals surface area contributed by atoms with E-state index in [4.69, 9.17) is 16.6 Å². The van der Waals surface area contributed by atoms with Gasteiger partial charge in [-0.2, -0.15) is 0 Å². The maximum atomic E-state index is 12.2. The monoisotopic (exact) mass is 524 g/mol. The summed E-state index contributed by atoms with van der Waals surface area (Å²) in [5, 5.41) is 20.8. The van der Waals surface area contributed by atoms with Gasteiger partial charge in [-0.25, -0.2) is 13.4 Å². The molecular weight excluding hydrogens is 496 g/mol. The standard InChI is InChI=1S/C28H29ClN2O4S/c1-28(2,33)26-17-31(27(30-26)15-12-20-6-4-5-7-24(20)29)23-13-10-19(11-14-23)21-8-9-22(18-32)25(16-21)36(3,34)35/h4-11,13-14,16-17,32-33H,12,15,18H2,1-3H3. The summed E-state index contributed by atoms with van der Waals surface area (Å²) < 4.78 is 26.3. The molecule has 0 saturated carbocycles. The van der Waals surface area contributed by atoms with Crippen molar-refractivity contribution in [3.05, 3.63) is 101 Å². The molecule has 1 heterocycles. The van der Waals surface area contributed by atoms with Crippen molar-refractivity contribution >= 4 is 21.4 Å². The van der Waals surface area contributed by atoms with Crippen molar-refractivity contribution in [3.63, 3.8) is 0 Å². The van der Waals surface area contributed by atoms with E-state index in [1.807, 2.05) is 59.3 Å². The second-order valence-corrected chi connectivity index (χ2v) is 11.8. The predicted octanol–water partition coefficient (Wildman–Crippen LogP) is 5.10. The quantitative estimate of drug-likeness (QED) is 0.334. The van der Waals surface area contributed by atoms with Crippen molar-refractivity contribution in [2.45, 2.75) is 43.8 Å². The molecule has 2 N–H and O–H groups in total. The van der Waals surface area contributed by atoms with Crippen molar-refractivity contribution < 1.29 is 18.6 Å². The topological polar surface area (TPSA) is 92.4 Å². The minimum absolute atomic E-state index is 0.123. The molecule has 8 heteroatoms. The Morgan fingerprint density at radius 3 is 2.22 bits per heavy atom. The van der Waals surface area contributed by atoms with Gasteiger partial charge in [-0.1, -0.05) is 54.1 Å². The van der Waals surface area contributed by atoms with E-state index in [2.05, 4.69) is 0 Å². The second kappa shape index (κ2) is 10.2. The van der Waals surface area contributed by atoms with Crippen LogP contribution >= 0.6 is 11.6 Å². The minimum Gasteiger partial charge on any atom is -0.392 e. The van der Waals surface area contributed by atoms with E-state index < -0.39 is 15.4 Å². The molecule has 0 amide bonds. The summed E-state index contributed by atoms with van der Waals surface area (Å²) in [6.45, 7) is 3.06. The number of aliphatic hydroxyl groups excluding tert-OH is 1. The highest BCUT2D eigenvalue weighted by molar-refractivity contribution is 7.90. The number of benzene rings is 3. The molecule has 0 bridgehead atoms. The lowest BCUT2D eigenvalue weighted by atomic mass is 10.0. The summed E-state index contributed by atoms with van der Waals surface area (Å²) in [5.74, 6) is 0.798. The van der Waals surface area contributed by atoms with Gasteiger partial charge in [0.15, 0.2) is 9.84 Å². The summed E-state index contributed by atoms with van der Waals surface area (Å²) in [6.07, 6.45) is 4.31. The van der Waals surface area contributed by atoms with Crippen LogP contribution in [0.25, 0.3) is 16.8 Å². The first-order valence-corrected chi connectivity index (χ1v) is 13.8. The van der Waals surface area contributed by atoms with Crippen LogP contribution in [0, 0.1) is 0 Å². The number of halogens is 1. The molecule has 0 spiro atoms. The summed E-state index contributed by atoms with van der Waals surface area (Å²) in [4.78, 5) is 4.84. The smallest absolute Gasteiger partial charge is 0.175 e. The van der Waals surface area contributed by atoms with Crippen LogP contribution in [-0.4, -0.2) is 34.4 Å². The van der Waals surface area contributed by atoms with Crippen LogP contribution in [0.15, 0.2) is 77.8 Å². The average Bonchev–Trinajstić information content (AvgIpc) is 3.28. The summed E-state index contributed by atoms with van der Waals surface area (Å²) in [5.41, 5.74) is 3.32. The van der Waals surface area contributed by atoms with E-state index in [-0.39, 0.29) is 11.5 Å². The highest BCUT2D eigenvalue weighted by atomic mass is 35.5. The number of hydrogen-bond donors (Lipinski definition) is 2. The van der Waals surface area contributed by atoms with E-state index in [0.29, 0.717) is 29.1 Å². The SMILES string of the molecule is CC(C)(O)c1cn(-c2ccc(-c3ccc(CO)c(S(C)(=O)=O)c3)cc2)c(CCc2ccccc2Cl)n1. The van der Waals surface area contributed by atoms with Crippen LogP contribution < -0.4 is 0 Å². The van der Waals surface area contributed by atoms with E-state index in [9.17, 15) is 18.6 Å². The van der Waals surface area contributed by atoms with Crippen LogP contribution in [0.1, 0.15) is 36.5 Å². The molecule has 6 nitrogen and oxygen atoms in total. The zero-order valence-corrected chi connectivity index (χ0v) is 22.0. The number of aromatic nitrogens is 2. The van der Waals surface area contributed by atoms with Crippen molar-refractivity contribution in [1.29, 1.82) is 0 Å². The molecule has 0 unspecified atom stereocenters. The first-order chi connectivity index (χ1) is 17.0. The second-order valence-electron chi connectivity index (χ2n) is 9.36. The van der Waals surface area contributed by atoms with Gasteiger partial charge in [0.25, 0.3) is 0 Å². The third kappa shape index (κ3) is 5.71. The van der Waals surface area contributed by atoms with Gasteiger partial charge in [0.05, 0.1) is 17.2 Å². The molecule has 3 aromatic carbocycles. The molecule has 0 aliphatic rings. The molecule has 0 aliphatic heterocycles. The zero-order valence-electron chi connectivity index (χ0n) is 20.4. The Morgan fingerprint density at radius 2 is 1.61 bits per heavy atom. The lowest BCUT2D eigenvalue weighted by Gasteiger charge is -2.13. The summed E-state index contributed by atoms with van der Waals surface area (Å²) in [7, 11) is -3.48. The number of imidazole rings is 1. The van der Waals surface area contributed by atoms with Crippen LogP contribution in [0.3, 0.4) is 0 Å². The molecule has 4 aromatic rings. The first-order valence-electron chi connectivity index (χ1n) is 11.6. The number of aliphatic hydroxyl groups is 2. The fourth-order valence-electron chi connectivity index (χ4n) is 4.09. The minimum atomic E-state index is -3.48.